The van der Waals surface area contributed by atoms with Crippen LogP contribution in [0.15, 0.2) is 6.07 Å². The average Bonchev–Trinajstić information content (AvgIpc) is 2.41. The first-order valence-electron chi connectivity index (χ1n) is 7.10. The van der Waals surface area contributed by atoms with Gasteiger partial charge in [0.15, 0.2) is 0 Å². The van der Waals surface area contributed by atoms with E-state index in [1.165, 1.54) is 0 Å². The lowest BCUT2D eigenvalue weighted by atomic mass is 10.3. The van der Waals surface area contributed by atoms with Crippen molar-refractivity contribution in [3.05, 3.63) is 16.1 Å². The summed E-state index contributed by atoms with van der Waals surface area (Å²) in [6.07, 6.45) is 0. The summed E-state index contributed by atoms with van der Waals surface area (Å²) in [5, 5.41) is 7.56. The molecule has 1 unspecified atom stereocenters. The lowest BCUT2D eigenvalue weighted by molar-refractivity contribution is 0.294. The SMILES string of the molecule is CCNc1nc(NC(C)CN(CC)CC)c(Cl)cc1Cl. The zero-order valence-corrected chi connectivity index (χ0v) is 14.1. The van der Waals surface area contributed by atoms with Gasteiger partial charge in [0.1, 0.15) is 11.6 Å². The highest BCUT2D eigenvalue weighted by atomic mass is 35.5. The Bertz CT molecular complexity index is 422. The fourth-order valence-corrected chi connectivity index (χ4v) is 2.49. The van der Waals surface area contributed by atoms with Gasteiger partial charge in [0, 0.05) is 19.1 Å². The Labute approximate surface area is 131 Å². The molecule has 1 heterocycles. The molecular formula is C14H24Cl2N4. The fraction of sp³-hybridized carbons (Fsp3) is 0.643. The van der Waals surface area contributed by atoms with Gasteiger partial charge < -0.3 is 15.5 Å². The summed E-state index contributed by atoms with van der Waals surface area (Å²) in [5.74, 6) is 1.34. The van der Waals surface area contributed by atoms with Crippen molar-refractivity contribution in [3.8, 4) is 0 Å². The zero-order chi connectivity index (χ0) is 15.1. The number of likely N-dealkylation sites (N-methyl/N-ethyl adjacent to an activating group) is 1. The number of aromatic nitrogens is 1. The minimum atomic E-state index is 0.260. The number of hydrogen-bond acceptors (Lipinski definition) is 4. The van der Waals surface area contributed by atoms with Crippen molar-refractivity contribution in [2.24, 2.45) is 0 Å². The summed E-state index contributed by atoms with van der Waals surface area (Å²) in [6, 6.07) is 1.98. The van der Waals surface area contributed by atoms with E-state index in [-0.39, 0.29) is 6.04 Å². The third-order valence-corrected chi connectivity index (χ3v) is 3.66. The van der Waals surface area contributed by atoms with Gasteiger partial charge in [-0.15, -0.1) is 0 Å². The quantitative estimate of drug-likeness (QED) is 0.761. The first-order valence-corrected chi connectivity index (χ1v) is 7.86. The number of pyridine rings is 1. The Balaban J connectivity index is 2.78. The van der Waals surface area contributed by atoms with Gasteiger partial charge in [-0.05, 0) is 33.0 Å². The summed E-state index contributed by atoms with van der Waals surface area (Å²) >= 11 is 12.3. The minimum Gasteiger partial charge on any atom is -0.369 e. The van der Waals surface area contributed by atoms with Gasteiger partial charge in [-0.3, -0.25) is 0 Å². The molecule has 0 saturated carbocycles. The maximum Gasteiger partial charge on any atom is 0.147 e. The second-order valence-electron chi connectivity index (χ2n) is 4.71. The van der Waals surface area contributed by atoms with Crippen LogP contribution in [0.2, 0.25) is 10.0 Å². The molecule has 20 heavy (non-hydrogen) atoms. The topological polar surface area (TPSA) is 40.2 Å². The number of rotatable bonds is 8. The molecule has 0 aliphatic rings. The lowest BCUT2D eigenvalue weighted by Crippen LogP contribution is -2.35. The molecule has 1 atom stereocenters. The van der Waals surface area contributed by atoms with E-state index in [9.17, 15) is 0 Å². The molecule has 6 heteroatoms. The summed E-state index contributed by atoms with van der Waals surface area (Å²) in [5.41, 5.74) is 0. The number of hydrogen-bond donors (Lipinski definition) is 2. The van der Waals surface area contributed by atoms with E-state index < -0.39 is 0 Å². The molecule has 114 valence electrons. The summed E-state index contributed by atoms with van der Waals surface area (Å²) in [6.45, 7) is 12.2. The van der Waals surface area contributed by atoms with Crippen molar-refractivity contribution in [2.75, 3.05) is 36.8 Å². The highest BCUT2D eigenvalue weighted by Crippen LogP contribution is 2.29. The molecule has 0 spiro atoms. The van der Waals surface area contributed by atoms with Gasteiger partial charge in [0.25, 0.3) is 0 Å². The van der Waals surface area contributed by atoms with Crippen LogP contribution in [0.4, 0.5) is 11.6 Å². The molecule has 4 nitrogen and oxygen atoms in total. The van der Waals surface area contributed by atoms with Crippen LogP contribution in [0.25, 0.3) is 0 Å². The van der Waals surface area contributed by atoms with Crippen LogP contribution >= 0.6 is 23.2 Å². The predicted molar refractivity (Wildman–Crippen MR) is 89.3 cm³/mol. The number of nitrogens with one attached hydrogen (secondary N) is 2. The van der Waals surface area contributed by atoms with Crippen LogP contribution in [0.1, 0.15) is 27.7 Å². The molecule has 0 saturated heterocycles. The highest BCUT2D eigenvalue weighted by molar-refractivity contribution is 6.37. The van der Waals surface area contributed by atoms with Gasteiger partial charge in [0.05, 0.1) is 10.0 Å². The lowest BCUT2D eigenvalue weighted by Gasteiger charge is -2.24. The van der Waals surface area contributed by atoms with E-state index in [1.54, 1.807) is 6.07 Å². The number of nitrogens with zero attached hydrogens (tertiary/aromatic N) is 2. The summed E-state index contributed by atoms with van der Waals surface area (Å²) in [4.78, 5) is 6.81. The molecule has 0 bridgehead atoms. The second-order valence-corrected chi connectivity index (χ2v) is 5.53. The maximum atomic E-state index is 6.20. The van der Waals surface area contributed by atoms with Gasteiger partial charge in [-0.25, -0.2) is 4.98 Å². The van der Waals surface area contributed by atoms with Crippen molar-refractivity contribution < 1.29 is 0 Å². The Hall–Kier alpha value is -0.710. The number of anilines is 2. The Kier molecular flexibility index (Phi) is 7.41. The van der Waals surface area contributed by atoms with Gasteiger partial charge in [0.2, 0.25) is 0 Å². The van der Waals surface area contributed by atoms with Gasteiger partial charge in [-0.1, -0.05) is 37.0 Å². The van der Waals surface area contributed by atoms with Crippen molar-refractivity contribution in [1.29, 1.82) is 0 Å². The van der Waals surface area contributed by atoms with E-state index in [2.05, 4.69) is 41.3 Å². The van der Waals surface area contributed by atoms with E-state index >= 15 is 0 Å². The Morgan fingerprint density at radius 1 is 1.15 bits per heavy atom. The van der Waals surface area contributed by atoms with E-state index in [1.807, 2.05) is 6.92 Å². The normalized spacial score (nSPS) is 12.6. The molecule has 1 aromatic rings. The largest absolute Gasteiger partial charge is 0.369 e. The standard InChI is InChI=1S/C14H24Cl2N4/c1-5-17-13-11(15)8-12(16)14(19-13)18-10(4)9-20(6-2)7-3/h8,10H,5-7,9H2,1-4H3,(H2,17,18,19). The molecule has 0 radical (unpaired) electrons. The van der Waals surface area contributed by atoms with E-state index in [0.29, 0.717) is 21.7 Å². The zero-order valence-electron chi connectivity index (χ0n) is 12.6. The third-order valence-electron chi connectivity index (χ3n) is 3.08. The van der Waals surface area contributed by atoms with Crippen molar-refractivity contribution >= 4 is 34.8 Å². The van der Waals surface area contributed by atoms with Crippen LogP contribution < -0.4 is 10.6 Å². The fourth-order valence-electron chi connectivity index (χ4n) is 2.01. The van der Waals surface area contributed by atoms with Crippen LogP contribution in [-0.4, -0.2) is 42.1 Å². The third kappa shape index (κ3) is 5.00. The summed E-state index contributed by atoms with van der Waals surface area (Å²) < 4.78 is 0. The van der Waals surface area contributed by atoms with Crippen LogP contribution in [0.5, 0.6) is 0 Å². The molecule has 0 amide bonds. The molecule has 2 N–H and O–H groups in total. The molecule has 1 aromatic heterocycles. The number of halogens is 2. The average molecular weight is 319 g/mol. The molecule has 0 aliphatic carbocycles. The van der Waals surface area contributed by atoms with Gasteiger partial charge >= 0.3 is 0 Å². The highest BCUT2D eigenvalue weighted by Gasteiger charge is 2.12. The molecule has 0 aromatic carbocycles. The van der Waals surface area contributed by atoms with Crippen molar-refractivity contribution in [1.82, 2.24) is 9.88 Å². The molecule has 0 aliphatic heterocycles. The first-order chi connectivity index (χ1) is 9.51. The maximum absolute atomic E-state index is 6.20. The van der Waals surface area contributed by atoms with Crippen molar-refractivity contribution in [3.63, 3.8) is 0 Å². The Morgan fingerprint density at radius 3 is 2.30 bits per heavy atom. The van der Waals surface area contributed by atoms with Gasteiger partial charge in [-0.2, -0.15) is 0 Å². The second kappa shape index (κ2) is 8.55. The minimum absolute atomic E-state index is 0.260. The Morgan fingerprint density at radius 2 is 1.75 bits per heavy atom. The predicted octanol–water partition coefficient (Wildman–Crippen LogP) is 3.96. The molecular weight excluding hydrogens is 295 g/mol. The van der Waals surface area contributed by atoms with E-state index in [4.69, 9.17) is 23.2 Å². The van der Waals surface area contributed by atoms with Crippen LogP contribution in [0, 0.1) is 0 Å². The first kappa shape index (κ1) is 17.3. The summed E-state index contributed by atoms with van der Waals surface area (Å²) in [7, 11) is 0. The molecule has 0 fully saturated rings. The monoisotopic (exact) mass is 318 g/mol. The smallest absolute Gasteiger partial charge is 0.147 e. The molecule has 1 rings (SSSR count). The van der Waals surface area contributed by atoms with Crippen LogP contribution in [-0.2, 0) is 0 Å². The van der Waals surface area contributed by atoms with Crippen molar-refractivity contribution in [2.45, 2.75) is 33.7 Å². The van der Waals surface area contributed by atoms with Crippen LogP contribution in [0.3, 0.4) is 0 Å². The van der Waals surface area contributed by atoms with E-state index in [0.717, 1.165) is 26.2 Å².